The smallest absolute Gasteiger partial charge is 0.347 e. The summed E-state index contributed by atoms with van der Waals surface area (Å²) >= 11 is 0. The van der Waals surface area contributed by atoms with Gasteiger partial charge in [-0.3, -0.25) is 4.79 Å². The summed E-state index contributed by atoms with van der Waals surface area (Å²) in [5.41, 5.74) is 1.39. The summed E-state index contributed by atoms with van der Waals surface area (Å²) in [5, 5.41) is 3.84. The summed E-state index contributed by atoms with van der Waals surface area (Å²) in [4.78, 5) is 28.4. The van der Waals surface area contributed by atoms with Gasteiger partial charge in [0.2, 0.25) is 13.4 Å². The average Bonchev–Trinajstić information content (AvgIpc) is 3.13. The Hall–Kier alpha value is -3.42. The second kappa shape index (κ2) is 8.31. The molecule has 27 heavy (non-hydrogen) atoms. The number of nitrogens with zero attached hydrogens (tertiary/aromatic N) is 1. The first-order valence-corrected chi connectivity index (χ1v) is 8.04. The molecule has 1 aliphatic rings. The van der Waals surface area contributed by atoms with Crippen LogP contribution in [0.5, 0.6) is 11.5 Å². The van der Waals surface area contributed by atoms with Crippen LogP contribution in [0.15, 0.2) is 47.6 Å². The summed E-state index contributed by atoms with van der Waals surface area (Å²) in [6.07, 6.45) is 0. The van der Waals surface area contributed by atoms with E-state index in [9.17, 15) is 14.0 Å². The standard InChI is InChI=1S/C19H16FNO6/c1-12(13-5-6-17-18(8-13)26-11-25-17)21-27-10-19(23)24-9-16(22)14-3-2-4-15(20)7-14/h2-8H,9-11H2,1H3/b21-12-. The maximum atomic E-state index is 13.1. The number of ketones is 1. The highest BCUT2D eigenvalue weighted by Crippen LogP contribution is 2.32. The van der Waals surface area contributed by atoms with Gasteiger partial charge in [-0.25, -0.2) is 9.18 Å². The third kappa shape index (κ3) is 4.81. The molecule has 0 saturated heterocycles. The van der Waals surface area contributed by atoms with Crippen LogP contribution in [-0.2, 0) is 14.4 Å². The highest BCUT2D eigenvalue weighted by molar-refractivity contribution is 5.99. The fourth-order valence-corrected chi connectivity index (χ4v) is 2.29. The molecule has 0 N–H and O–H groups in total. The monoisotopic (exact) mass is 373 g/mol. The van der Waals surface area contributed by atoms with Crippen LogP contribution >= 0.6 is 0 Å². The molecule has 8 heteroatoms. The van der Waals surface area contributed by atoms with E-state index in [0.29, 0.717) is 17.2 Å². The molecule has 0 saturated carbocycles. The number of hydrogen-bond donors (Lipinski definition) is 0. The molecule has 0 radical (unpaired) electrons. The van der Waals surface area contributed by atoms with Crippen LogP contribution in [0.2, 0.25) is 0 Å². The lowest BCUT2D eigenvalue weighted by Gasteiger charge is -2.05. The molecule has 7 nitrogen and oxygen atoms in total. The number of fused-ring (bicyclic) bond motifs is 1. The van der Waals surface area contributed by atoms with Crippen molar-refractivity contribution in [2.24, 2.45) is 5.16 Å². The van der Waals surface area contributed by atoms with Gasteiger partial charge in [-0.15, -0.1) is 0 Å². The second-order valence-corrected chi connectivity index (χ2v) is 5.61. The molecule has 0 spiro atoms. The number of Topliss-reactive ketones (excluding diaryl/α,β-unsaturated/α-hetero) is 1. The van der Waals surface area contributed by atoms with E-state index < -0.39 is 30.8 Å². The Balaban J connectivity index is 1.46. The first kappa shape index (κ1) is 18.4. The lowest BCUT2D eigenvalue weighted by Crippen LogP contribution is -2.17. The summed E-state index contributed by atoms with van der Waals surface area (Å²) in [6, 6.07) is 10.4. The number of ether oxygens (including phenoxy) is 3. The molecule has 2 aromatic rings. The number of oxime groups is 1. The minimum Gasteiger partial charge on any atom is -0.455 e. The molecule has 1 heterocycles. The molecule has 0 bridgehead atoms. The highest BCUT2D eigenvalue weighted by atomic mass is 19.1. The number of carbonyl (C=O) groups excluding carboxylic acids is 2. The Labute approximate surface area is 154 Å². The van der Waals surface area contributed by atoms with Crippen molar-refractivity contribution in [3.8, 4) is 11.5 Å². The minimum absolute atomic E-state index is 0.125. The van der Waals surface area contributed by atoms with Gasteiger partial charge in [0.05, 0.1) is 5.71 Å². The largest absolute Gasteiger partial charge is 0.455 e. The van der Waals surface area contributed by atoms with Crippen molar-refractivity contribution in [1.82, 2.24) is 0 Å². The lowest BCUT2D eigenvalue weighted by molar-refractivity contribution is -0.147. The molecule has 0 amide bonds. The SMILES string of the molecule is C/C(=N/OCC(=O)OCC(=O)c1cccc(F)c1)c1ccc2c(c1)OCO2. The van der Waals surface area contributed by atoms with Crippen molar-refractivity contribution in [3.05, 3.63) is 59.4 Å². The van der Waals surface area contributed by atoms with E-state index in [1.54, 1.807) is 25.1 Å². The molecule has 3 rings (SSSR count). The van der Waals surface area contributed by atoms with E-state index in [1.807, 2.05) is 0 Å². The van der Waals surface area contributed by atoms with Gasteiger partial charge in [-0.2, -0.15) is 0 Å². The molecular weight excluding hydrogens is 357 g/mol. The van der Waals surface area contributed by atoms with Gasteiger partial charge in [0.1, 0.15) is 5.82 Å². The fraction of sp³-hybridized carbons (Fsp3) is 0.211. The number of rotatable bonds is 7. The predicted octanol–water partition coefficient (Wildman–Crippen LogP) is 2.72. The Morgan fingerprint density at radius 3 is 2.70 bits per heavy atom. The van der Waals surface area contributed by atoms with E-state index in [2.05, 4.69) is 5.16 Å². The Kier molecular flexibility index (Phi) is 5.65. The summed E-state index contributed by atoms with van der Waals surface area (Å²) < 4.78 is 28.4. The van der Waals surface area contributed by atoms with Gasteiger partial charge in [-0.05, 0) is 37.3 Å². The number of carbonyl (C=O) groups is 2. The molecule has 0 unspecified atom stereocenters. The zero-order valence-electron chi connectivity index (χ0n) is 14.4. The Morgan fingerprint density at radius 2 is 1.89 bits per heavy atom. The molecule has 0 atom stereocenters. The third-order valence-electron chi connectivity index (χ3n) is 3.69. The van der Waals surface area contributed by atoms with Gasteiger partial charge in [0, 0.05) is 11.1 Å². The van der Waals surface area contributed by atoms with E-state index >= 15 is 0 Å². The van der Waals surface area contributed by atoms with Crippen molar-refractivity contribution in [3.63, 3.8) is 0 Å². The van der Waals surface area contributed by atoms with E-state index in [1.165, 1.54) is 18.2 Å². The number of halogens is 1. The van der Waals surface area contributed by atoms with Crippen LogP contribution in [0.25, 0.3) is 0 Å². The third-order valence-corrected chi connectivity index (χ3v) is 3.69. The van der Waals surface area contributed by atoms with E-state index in [0.717, 1.165) is 11.6 Å². The van der Waals surface area contributed by atoms with Crippen LogP contribution in [0.4, 0.5) is 4.39 Å². The Morgan fingerprint density at radius 1 is 1.07 bits per heavy atom. The van der Waals surface area contributed by atoms with Crippen LogP contribution in [0.3, 0.4) is 0 Å². The zero-order chi connectivity index (χ0) is 19.2. The normalized spacial score (nSPS) is 12.6. The first-order valence-electron chi connectivity index (χ1n) is 8.04. The van der Waals surface area contributed by atoms with Crippen molar-refractivity contribution in [2.45, 2.75) is 6.92 Å². The quantitative estimate of drug-likeness (QED) is 0.321. The lowest BCUT2D eigenvalue weighted by atomic mass is 10.1. The van der Waals surface area contributed by atoms with Crippen molar-refractivity contribution in [1.29, 1.82) is 0 Å². The number of hydrogen-bond acceptors (Lipinski definition) is 7. The second-order valence-electron chi connectivity index (χ2n) is 5.61. The summed E-state index contributed by atoms with van der Waals surface area (Å²) in [5.74, 6) is -0.551. The molecule has 2 aromatic carbocycles. The average molecular weight is 373 g/mol. The molecule has 140 valence electrons. The fourth-order valence-electron chi connectivity index (χ4n) is 2.29. The molecule has 1 aliphatic heterocycles. The van der Waals surface area contributed by atoms with E-state index in [4.69, 9.17) is 19.0 Å². The molecule has 0 aliphatic carbocycles. The predicted molar refractivity (Wildman–Crippen MR) is 92.4 cm³/mol. The van der Waals surface area contributed by atoms with Crippen LogP contribution in [-0.4, -0.2) is 37.5 Å². The summed E-state index contributed by atoms with van der Waals surface area (Å²) in [7, 11) is 0. The Bertz CT molecular complexity index is 896. The van der Waals surface area contributed by atoms with Crippen molar-refractivity contribution in [2.75, 3.05) is 20.0 Å². The molecule has 0 aromatic heterocycles. The van der Waals surface area contributed by atoms with Crippen LogP contribution in [0, 0.1) is 5.82 Å². The van der Waals surface area contributed by atoms with Gasteiger partial charge in [0.15, 0.2) is 23.9 Å². The maximum Gasteiger partial charge on any atom is 0.347 e. The van der Waals surface area contributed by atoms with Gasteiger partial charge < -0.3 is 19.0 Å². The van der Waals surface area contributed by atoms with Crippen LogP contribution in [0.1, 0.15) is 22.8 Å². The topological polar surface area (TPSA) is 83.4 Å². The van der Waals surface area contributed by atoms with Crippen molar-refractivity contribution < 1.29 is 33.0 Å². The molecular formula is C19H16FNO6. The van der Waals surface area contributed by atoms with E-state index in [-0.39, 0.29) is 12.4 Å². The minimum atomic E-state index is -0.762. The maximum absolute atomic E-state index is 13.1. The summed E-state index contributed by atoms with van der Waals surface area (Å²) in [6.45, 7) is 0.914. The van der Waals surface area contributed by atoms with Crippen LogP contribution < -0.4 is 9.47 Å². The number of benzene rings is 2. The van der Waals surface area contributed by atoms with Crippen molar-refractivity contribution >= 4 is 17.5 Å². The number of esters is 1. The zero-order valence-corrected chi connectivity index (χ0v) is 14.4. The van der Waals surface area contributed by atoms with Gasteiger partial charge in [0.25, 0.3) is 0 Å². The van der Waals surface area contributed by atoms with Gasteiger partial charge in [-0.1, -0.05) is 17.3 Å². The highest BCUT2D eigenvalue weighted by Gasteiger charge is 2.14. The molecule has 0 fully saturated rings. The van der Waals surface area contributed by atoms with Gasteiger partial charge >= 0.3 is 5.97 Å². The first-order chi connectivity index (χ1) is 13.0.